The number of piperidine rings is 1. The second-order valence-corrected chi connectivity index (χ2v) is 6.52. The maximum Gasteiger partial charge on any atom is 0.303 e. The van der Waals surface area contributed by atoms with Gasteiger partial charge in [-0.15, -0.1) is 0 Å². The van der Waals surface area contributed by atoms with Crippen molar-refractivity contribution in [1.29, 1.82) is 0 Å². The Bertz CT molecular complexity index is 595. The zero-order chi connectivity index (χ0) is 18.2. The highest BCUT2D eigenvalue weighted by Crippen LogP contribution is 2.21. The second-order valence-electron chi connectivity index (χ2n) is 6.52. The third kappa shape index (κ3) is 5.89. The van der Waals surface area contributed by atoms with E-state index in [1.54, 1.807) is 16.7 Å². The predicted molar refractivity (Wildman–Crippen MR) is 93.7 cm³/mol. The molecule has 0 spiro atoms. The van der Waals surface area contributed by atoms with Gasteiger partial charge in [0, 0.05) is 45.4 Å². The van der Waals surface area contributed by atoms with Crippen molar-refractivity contribution in [1.82, 2.24) is 9.80 Å². The highest BCUT2D eigenvalue weighted by molar-refractivity contribution is 5.80. The van der Waals surface area contributed by atoms with Gasteiger partial charge in [-0.05, 0) is 24.8 Å². The van der Waals surface area contributed by atoms with Crippen LogP contribution in [0, 0.1) is 5.92 Å². The van der Waals surface area contributed by atoms with E-state index in [2.05, 4.69) is 0 Å². The Labute approximate surface area is 148 Å². The molecule has 2 rings (SSSR count). The quantitative estimate of drug-likeness (QED) is 0.820. The lowest BCUT2D eigenvalue weighted by atomic mass is 9.95. The van der Waals surface area contributed by atoms with Gasteiger partial charge in [0.15, 0.2) is 0 Å². The molecule has 25 heavy (non-hydrogen) atoms. The summed E-state index contributed by atoms with van der Waals surface area (Å²) in [5.74, 6) is -0.822. The van der Waals surface area contributed by atoms with Crippen LogP contribution in [0.5, 0.6) is 0 Å². The van der Waals surface area contributed by atoms with E-state index in [0.29, 0.717) is 45.4 Å². The second kappa shape index (κ2) is 9.20. The van der Waals surface area contributed by atoms with Crippen LogP contribution < -0.4 is 0 Å². The van der Waals surface area contributed by atoms with E-state index < -0.39 is 5.97 Å². The van der Waals surface area contributed by atoms with Crippen molar-refractivity contribution in [3.05, 3.63) is 35.9 Å². The maximum absolute atomic E-state index is 12.9. The summed E-state index contributed by atoms with van der Waals surface area (Å²) in [4.78, 5) is 38.7. The SMILES string of the molecule is CC(=O)N1CCC(C(=O)N(CCCC(=O)O)Cc2ccccc2)CC1. The van der Waals surface area contributed by atoms with Crippen molar-refractivity contribution in [2.75, 3.05) is 19.6 Å². The molecule has 0 radical (unpaired) electrons. The van der Waals surface area contributed by atoms with Gasteiger partial charge < -0.3 is 14.9 Å². The molecule has 6 nitrogen and oxygen atoms in total. The van der Waals surface area contributed by atoms with Crippen LogP contribution in [-0.4, -0.2) is 52.3 Å². The first-order valence-corrected chi connectivity index (χ1v) is 8.77. The number of carboxylic acids is 1. The summed E-state index contributed by atoms with van der Waals surface area (Å²) in [7, 11) is 0. The number of hydrogen-bond donors (Lipinski definition) is 1. The predicted octanol–water partition coefficient (Wildman–Crippen LogP) is 2.14. The maximum atomic E-state index is 12.9. The Morgan fingerprint density at radius 2 is 1.80 bits per heavy atom. The summed E-state index contributed by atoms with van der Waals surface area (Å²) < 4.78 is 0. The standard InChI is InChI=1S/C19H26N2O4/c1-15(22)20-12-9-17(10-13-20)19(25)21(11-5-8-18(23)24)14-16-6-3-2-4-7-16/h2-4,6-7,17H,5,8-14H2,1H3,(H,23,24). The number of carboxylic acid groups (broad SMARTS) is 1. The van der Waals surface area contributed by atoms with Crippen LogP contribution in [0.1, 0.15) is 38.2 Å². The van der Waals surface area contributed by atoms with E-state index >= 15 is 0 Å². The first-order valence-electron chi connectivity index (χ1n) is 8.77. The number of nitrogens with zero attached hydrogens (tertiary/aromatic N) is 2. The Kier molecular flexibility index (Phi) is 6.98. The molecule has 2 amide bonds. The summed E-state index contributed by atoms with van der Waals surface area (Å²) in [6.07, 6.45) is 1.84. The van der Waals surface area contributed by atoms with Gasteiger partial charge in [0.2, 0.25) is 11.8 Å². The largest absolute Gasteiger partial charge is 0.481 e. The molecule has 0 saturated carbocycles. The van der Waals surface area contributed by atoms with Crippen LogP contribution in [0.25, 0.3) is 0 Å². The fourth-order valence-electron chi connectivity index (χ4n) is 3.19. The van der Waals surface area contributed by atoms with Crippen molar-refractivity contribution < 1.29 is 19.5 Å². The van der Waals surface area contributed by atoms with Crippen molar-refractivity contribution in [2.45, 2.75) is 39.2 Å². The van der Waals surface area contributed by atoms with Crippen molar-refractivity contribution >= 4 is 17.8 Å². The first-order chi connectivity index (χ1) is 12.0. The van der Waals surface area contributed by atoms with E-state index in [-0.39, 0.29) is 24.2 Å². The smallest absolute Gasteiger partial charge is 0.303 e. The van der Waals surface area contributed by atoms with Gasteiger partial charge in [0.25, 0.3) is 0 Å². The molecule has 1 aliphatic heterocycles. The molecule has 1 aromatic rings. The molecule has 1 aliphatic rings. The Morgan fingerprint density at radius 3 is 2.36 bits per heavy atom. The molecule has 0 atom stereocenters. The minimum atomic E-state index is -0.845. The molecule has 1 aromatic carbocycles. The fourth-order valence-corrected chi connectivity index (χ4v) is 3.19. The lowest BCUT2D eigenvalue weighted by Crippen LogP contribution is -2.44. The summed E-state index contributed by atoms with van der Waals surface area (Å²) in [6, 6.07) is 9.73. The van der Waals surface area contributed by atoms with Crippen molar-refractivity contribution in [3.8, 4) is 0 Å². The zero-order valence-electron chi connectivity index (χ0n) is 14.7. The van der Waals surface area contributed by atoms with Crippen molar-refractivity contribution in [3.63, 3.8) is 0 Å². The van der Waals surface area contributed by atoms with Gasteiger partial charge in [-0.3, -0.25) is 14.4 Å². The molecule has 0 unspecified atom stereocenters. The van der Waals surface area contributed by atoms with E-state index in [1.165, 1.54) is 0 Å². The van der Waals surface area contributed by atoms with Crippen LogP contribution in [0.4, 0.5) is 0 Å². The van der Waals surface area contributed by atoms with Crippen LogP contribution in [0.2, 0.25) is 0 Å². The number of amides is 2. The number of benzene rings is 1. The summed E-state index contributed by atoms with van der Waals surface area (Å²) >= 11 is 0. The van der Waals surface area contributed by atoms with E-state index in [0.717, 1.165) is 5.56 Å². The molecule has 1 fully saturated rings. The van der Waals surface area contributed by atoms with Gasteiger partial charge in [-0.25, -0.2) is 0 Å². The highest BCUT2D eigenvalue weighted by atomic mass is 16.4. The highest BCUT2D eigenvalue weighted by Gasteiger charge is 2.29. The summed E-state index contributed by atoms with van der Waals surface area (Å²) in [5, 5.41) is 8.84. The average molecular weight is 346 g/mol. The minimum Gasteiger partial charge on any atom is -0.481 e. The van der Waals surface area contributed by atoms with Gasteiger partial charge in [-0.1, -0.05) is 30.3 Å². The summed E-state index contributed by atoms with van der Waals surface area (Å²) in [6.45, 7) is 3.70. The zero-order valence-corrected chi connectivity index (χ0v) is 14.7. The third-order valence-electron chi connectivity index (χ3n) is 4.64. The van der Waals surface area contributed by atoms with Crippen LogP contribution in [-0.2, 0) is 20.9 Å². The van der Waals surface area contributed by atoms with E-state index in [4.69, 9.17) is 5.11 Å². The van der Waals surface area contributed by atoms with E-state index in [9.17, 15) is 14.4 Å². The molecule has 136 valence electrons. The molecule has 0 bridgehead atoms. The number of carbonyl (C=O) groups is 3. The molecule has 0 aromatic heterocycles. The fraction of sp³-hybridized carbons (Fsp3) is 0.526. The summed E-state index contributed by atoms with van der Waals surface area (Å²) in [5.41, 5.74) is 1.03. The minimum absolute atomic E-state index is 0.0495. The van der Waals surface area contributed by atoms with Crippen LogP contribution >= 0.6 is 0 Å². The lowest BCUT2D eigenvalue weighted by Gasteiger charge is -2.34. The lowest BCUT2D eigenvalue weighted by molar-refractivity contribution is -0.141. The molecular weight excluding hydrogens is 320 g/mol. The number of carbonyl (C=O) groups excluding carboxylic acids is 2. The first kappa shape index (κ1) is 19.0. The van der Waals surface area contributed by atoms with Crippen LogP contribution in [0.15, 0.2) is 30.3 Å². The molecular formula is C19H26N2O4. The van der Waals surface area contributed by atoms with Gasteiger partial charge in [0.1, 0.15) is 0 Å². The number of rotatable bonds is 7. The van der Waals surface area contributed by atoms with Gasteiger partial charge in [-0.2, -0.15) is 0 Å². The average Bonchev–Trinajstić information content (AvgIpc) is 2.61. The van der Waals surface area contributed by atoms with Crippen molar-refractivity contribution in [2.24, 2.45) is 5.92 Å². The number of aliphatic carboxylic acids is 1. The van der Waals surface area contributed by atoms with E-state index in [1.807, 2.05) is 30.3 Å². The molecule has 1 N–H and O–H groups in total. The molecule has 0 aliphatic carbocycles. The Hall–Kier alpha value is -2.37. The Morgan fingerprint density at radius 1 is 1.16 bits per heavy atom. The number of hydrogen-bond acceptors (Lipinski definition) is 3. The third-order valence-corrected chi connectivity index (χ3v) is 4.64. The molecule has 6 heteroatoms. The number of likely N-dealkylation sites (tertiary alicyclic amines) is 1. The normalized spacial score (nSPS) is 15.0. The Balaban J connectivity index is 1.99. The van der Waals surface area contributed by atoms with Gasteiger partial charge >= 0.3 is 5.97 Å². The van der Waals surface area contributed by atoms with Gasteiger partial charge in [0.05, 0.1) is 0 Å². The molecule has 1 saturated heterocycles. The molecule has 1 heterocycles. The van der Waals surface area contributed by atoms with Crippen LogP contribution in [0.3, 0.4) is 0 Å². The topological polar surface area (TPSA) is 77.9 Å². The monoisotopic (exact) mass is 346 g/mol.